The summed E-state index contributed by atoms with van der Waals surface area (Å²) in [5.41, 5.74) is 6.65. The van der Waals surface area contributed by atoms with Gasteiger partial charge in [-0.15, -0.1) is 0 Å². The highest BCUT2D eigenvalue weighted by molar-refractivity contribution is 7.85. The predicted octanol–water partition coefficient (Wildman–Crippen LogP) is 1.72. The molecule has 0 aliphatic carbocycles. The van der Waals surface area contributed by atoms with Crippen LogP contribution in [-0.2, 0) is 17.2 Å². The molecule has 0 radical (unpaired) electrons. The Hall–Kier alpha value is -0.870. The second-order valence-electron chi connectivity index (χ2n) is 4.87. The van der Waals surface area contributed by atoms with Gasteiger partial charge < -0.3 is 10.5 Å². The summed E-state index contributed by atoms with van der Waals surface area (Å²) in [5.74, 6) is 2.05. The summed E-state index contributed by atoms with van der Waals surface area (Å²) < 4.78 is 16.8. The van der Waals surface area contributed by atoms with Gasteiger partial charge in [0.2, 0.25) is 0 Å². The van der Waals surface area contributed by atoms with E-state index in [1.54, 1.807) is 7.11 Å². The van der Waals surface area contributed by atoms with Crippen LogP contribution in [0.4, 0.5) is 0 Å². The van der Waals surface area contributed by atoms with Crippen molar-refractivity contribution in [2.45, 2.75) is 25.8 Å². The molecule has 0 spiro atoms. The fourth-order valence-corrected chi connectivity index (χ4v) is 2.95. The lowest BCUT2D eigenvalue weighted by Gasteiger charge is -2.17. The Morgan fingerprint density at radius 2 is 1.88 bits per heavy atom. The van der Waals surface area contributed by atoms with E-state index in [2.05, 4.69) is 0 Å². The van der Waals surface area contributed by atoms with Crippen LogP contribution in [0.15, 0.2) is 24.3 Å². The molecular weight excluding hydrogens is 234 g/mol. The fourth-order valence-electron chi connectivity index (χ4n) is 1.51. The smallest absolute Gasteiger partial charge is 0.118 e. The summed E-state index contributed by atoms with van der Waals surface area (Å²) in [6, 6.07) is 7.85. The molecule has 96 valence electrons. The molecule has 3 nitrogen and oxygen atoms in total. The standard InChI is InChI=1S/C13H21NO2S/c1-13(2,14)10-17(15)9-8-11-4-6-12(16-3)7-5-11/h4-7H,8-10,14H2,1-3H3. The number of methoxy groups -OCH3 is 1. The lowest BCUT2D eigenvalue weighted by molar-refractivity contribution is 0.414. The van der Waals surface area contributed by atoms with Crippen LogP contribution in [-0.4, -0.2) is 28.4 Å². The maximum absolute atomic E-state index is 11.8. The molecule has 2 N–H and O–H groups in total. The molecule has 1 aromatic rings. The average molecular weight is 255 g/mol. The predicted molar refractivity (Wildman–Crippen MR) is 72.8 cm³/mol. The van der Waals surface area contributed by atoms with E-state index in [9.17, 15) is 4.21 Å². The summed E-state index contributed by atoms with van der Waals surface area (Å²) in [4.78, 5) is 0. The molecule has 0 saturated heterocycles. The van der Waals surface area contributed by atoms with Crippen molar-refractivity contribution in [3.05, 3.63) is 29.8 Å². The number of rotatable bonds is 6. The topological polar surface area (TPSA) is 52.3 Å². The van der Waals surface area contributed by atoms with Gasteiger partial charge in [0.05, 0.1) is 7.11 Å². The van der Waals surface area contributed by atoms with Crippen molar-refractivity contribution in [1.29, 1.82) is 0 Å². The zero-order valence-electron chi connectivity index (χ0n) is 10.7. The largest absolute Gasteiger partial charge is 0.497 e. The second-order valence-corrected chi connectivity index (χ2v) is 6.45. The Balaban J connectivity index is 2.42. The minimum absolute atomic E-state index is 0.356. The molecule has 0 heterocycles. The van der Waals surface area contributed by atoms with E-state index < -0.39 is 10.8 Å². The number of hydrogen-bond donors (Lipinski definition) is 1. The monoisotopic (exact) mass is 255 g/mol. The van der Waals surface area contributed by atoms with Crippen LogP contribution in [0.1, 0.15) is 19.4 Å². The van der Waals surface area contributed by atoms with Gasteiger partial charge in [-0.1, -0.05) is 12.1 Å². The van der Waals surface area contributed by atoms with E-state index in [0.29, 0.717) is 11.5 Å². The van der Waals surface area contributed by atoms with Crippen LogP contribution < -0.4 is 10.5 Å². The van der Waals surface area contributed by atoms with Gasteiger partial charge in [-0.3, -0.25) is 4.21 Å². The molecule has 1 rings (SSSR count). The summed E-state index contributed by atoms with van der Waals surface area (Å²) in [6.07, 6.45) is 0.812. The average Bonchev–Trinajstić information content (AvgIpc) is 2.25. The fraction of sp³-hybridized carbons (Fsp3) is 0.538. The normalized spacial score (nSPS) is 13.4. The molecular formula is C13H21NO2S. The summed E-state index contributed by atoms with van der Waals surface area (Å²) in [7, 11) is 0.793. The maximum Gasteiger partial charge on any atom is 0.118 e. The van der Waals surface area contributed by atoms with Gasteiger partial charge in [-0.25, -0.2) is 0 Å². The molecule has 4 heteroatoms. The molecule has 0 bridgehead atoms. The zero-order valence-corrected chi connectivity index (χ0v) is 11.5. The third-order valence-corrected chi connectivity index (χ3v) is 4.04. The van der Waals surface area contributed by atoms with Crippen molar-refractivity contribution < 1.29 is 8.95 Å². The number of ether oxygens (including phenoxy) is 1. The second kappa shape index (κ2) is 6.17. The summed E-state index contributed by atoms with van der Waals surface area (Å²) in [6.45, 7) is 3.80. The molecule has 0 amide bonds. The van der Waals surface area contributed by atoms with E-state index >= 15 is 0 Å². The third-order valence-electron chi connectivity index (χ3n) is 2.31. The Morgan fingerprint density at radius 3 is 2.35 bits per heavy atom. The van der Waals surface area contributed by atoms with E-state index in [-0.39, 0.29) is 5.54 Å². The molecule has 17 heavy (non-hydrogen) atoms. The third kappa shape index (κ3) is 5.84. The molecule has 0 aromatic heterocycles. The van der Waals surface area contributed by atoms with Gasteiger partial charge in [-0.2, -0.15) is 0 Å². The van der Waals surface area contributed by atoms with Gasteiger partial charge in [0, 0.05) is 27.8 Å². The first-order valence-corrected chi connectivity index (χ1v) is 7.16. The number of nitrogens with two attached hydrogens (primary N) is 1. The molecule has 1 aromatic carbocycles. The van der Waals surface area contributed by atoms with Gasteiger partial charge in [-0.05, 0) is 38.0 Å². The van der Waals surface area contributed by atoms with Gasteiger partial charge >= 0.3 is 0 Å². The van der Waals surface area contributed by atoms with Crippen LogP contribution in [0, 0.1) is 0 Å². The maximum atomic E-state index is 11.8. The Bertz CT molecular complexity index is 368. The Kier molecular flexibility index (Phi) is 5.15. The number of hydrogen-bond acceptors (Lipinski definition) is 3. The molecule has 1 atom stereocenters. The quantitative estimate of drug-likeness (QED) is 0.842. The van der Waals surface area contributed by atoms with E-state index in [1.165, 1.54) is 5.56 Å². The van der Waals surface area contributed by atoms with Crippen LogP contribution >= 0.6 is 0 Å². The van der Waals surface area contributed by atoms with Gasteiger partial charge in [0.1, 0.15) is 5.75 Å². The SMILES string of the molecule is COc1ccc(CCS(=O)CC(C)(C)N)cc1. The minimum atomic E-state index is -0.853. The first-order valence-electron chi connectivity index (χ1n) is 5.67. The molecule has 0 aliphatic rings. The highest BCUT2D eigenvalue weighted by atomic mass is 32.2. The zero-order chi connectivity index (χ0) is 12.9. The van der Waals surface area contributed by atoms with Crippen LogP contribution in [0.2, 0.25) is 0 Å². The summed E-state index contributed by atoms with van der Waals surface area (Å²) >= 11 is 0. The van der Waals surface area contributed by atoms with Crippen LogP contribution in [0.5, 0.6) is 5.75 Å². The Morgan fingerprint density at radius 1 is 1.29 bits per heavy atom. The molecule has 0 saturated carbocycles. The van der Waals surface area contributed by atoms with Crippen molar-refractivity contribution in [1.82, 2.24) is 0 Å². The number of aryl methyl sites for hydroxylation is 1. The molecule has 1 unspecified atom stereocenters. The van der Waals surface area contributed by atoms with Crippen molar-refractivity contribution in [2.75, 3.05) is 18.6 Å². The minimum Gasteiger partial charge on any atom is -0.497 e. The highest BCUT2D eigenvalue weighted by Crippen LogP contribution is 2.12. The number of benzene rings is 1. The van der Waals surface area contributed by atoms with Gasteiger partial charge in [0.25, 0.3) is 0 Å². The van der Waals surface area contributed by atoms with Crippen LogP contribution in [0.3, 0.4) is 0 Å². The lowest BCUT2D eigenvalue weighted by atomic mass is 10.1. The first kappa shape index (κ1) is 14.2. The van der Waals surface area contributed by atoms with Crippen molar-refractivity contribution in [2.24, 2.45) is 5.73 Å². The Labute approximate surface area is 106 Å². The lowest BCUT2D eigenvalue weighted by Crippen LogP contribution is -2.38. The van der Waals surface area contributed by atoms with Crippen LogP contribution in [0.25, 0.3) is 0 Å². The van der Waals surface area contributed by atoms with E-state index in [0.717, 1.165) is 12.2 Å². The summed E-state index contributed by atoms with van der Waals surface area (Å²) in [5, 5.41) is 0. The molecule has 0 fully saturated rings. The first-order chi connectivity index (χ1) is 7.90. The van der Waals surface area contributed by atoms with Crippen molar-refractivity contribution in [3.8, 4) is 5.75 Å². The van der Waals surface area contributed by atoms with Gasteiger partial charge in [0.15, 0.2) is 0 Å². The molecule has 0 aliphatic heterocycles. The van der Waals surface area contributed by atoms with Crippen molar-refractivity contribution in [3.63, 3.8) is 0 Å². The van der Waals surface area contributed by atoms with E-state index in [1.807, 2.05) is 38.1 Å². The highest BCUT2D eigenvalue weighted by Gasteiger charge is 2.14. The van der Waals surface area contributed by atoms with E-state index in [4.69, 9.17) is 10.5 Å². The van der Waals surface area contributed by atoms with Crippen molar-refractivity contribution >= 4 is 10.8 Å².